The predicted octanol–water partition coefficient (Wildman–Crippen LogP) is 0.108. The quantitative estimate of drug-likeness (QED) is 0.371. The average Bonchev–Trinajstić information content (AvgIpc) is 2.99. The van der Waals surface area contributed by atoms with Crippen LogP contribution in [0.15, 0.2) is 0 Å². The van der Waals surface area contributed by atoms with Gasteiger partial charge in [-0.15, -0.1) is 11.6 Å². The van der Waals surface area contributed by atoms with Gasteiger partial charge in [-0.05, 0) is 36.9 Å². The first-order valence-corrected chi connectivity index (χ1v) is 8.51. The normalized spacial score (nSPS) is 32.9. The van der Waals surface area contributed by atoms with Gasteiger partial charge in [0.1, 0.15) is 0 Å². The number of alkyl halides is 1. The topological polar surface area (TPSA) is 101 Å². The van der Waals surface area contributed by atoms with Crippen LogP contribution in [0.1, 0.15) is 19.3 Å². The Morgan fingerprint density at radius 3 is 2.64 bits per heavy atom. The highest BCUT2D eigenvalue weighted by atomic mass is 35.5. The Labute approximate surface area is 136 Å². The predicted molar refractivity (Wildman–Crippen MR) is 83.6 cm³/mol. The van der Waals surface area contributed by atoms with Gasteiger partial charge in [-0.25, -0.2) is 0 Å². The Hall–Kier alpha value is -0.335. The van der Waals surface area contributed by atoms with Gasteiger partial charge < -0.3 is 20.3 Å². The number of aliphatic hydroxyl groups excluding tert-OH is 1. The summed E-state index contributed by atoms with van der Waals surface area (Å²) in [5.41, 5.74) is 0. The molecule has 2 aliphatic rings. The average molecular weight is 334 g/mol. The molecular weight excluding hydrogens is 308 g/mol. The summed E-state index contributed by atoms with van der Waals surface area (Å²) in [6.45, 7) is 1.59. The van der Waals surface area contributed by atoms with E-state index in [0.717, 1.165) is 13.1 Å². The summed E-state index contributed by atoms with van der Waals surface area (Å²) in [5, 5.41) is 36.7. The molecule has 0 aromatic rings. The van der Waals surface area contributed by atoms with Gasteiger partial charge in [0.05, 0.1) is 12.5 Å². The Bertz CT molecular complexity index is 382. The van der Waals surface area contributed by atoms with Crippen molar-refractivity contribution in [3.05, 3.63) is 0 Å². The van der Waals surface area contributed by atoms with Crippen LogP contribution in [0, 0.1) is 23.7 Å². The fourth-order valence-electron chi connectivity index (χ4n) is 4.26. The molecule has 1 heterocycles. The van der Waals surface area contributed by atoms with E-state index in [9.17, 15) is 15.0 Å². The van der Waals surface area contributed by atoms with Crippen LogP contribution >= 0.6 is 11.6 Å². The maximum atomic E-state index is 11.5. The molecule has 22 heavy (non-hydrogen) atoms. The molecule has 2 fully saturated rings. The minimum atomic E-state index is -1.32. The molecule has 0 aromatic heterocycles. The summed E-state index contributed by atoms with van der Waals surface area (Å²) < 4.78 is 0. The maximum absolute atomic E-state index is 11.5. The summed E-state index contributed by atoms with van der Waals surface area (Å²) in [6, 6.07) is -0.0598. The van der Waals surface area contributed by atoms with Gasteiger partial charge in [-0.2, -0.15) is 0 Å². The number of likely N-dealkylation sites (tertiary alicyclic amines) is 1. The van der Waals surface area contributed by atoms with E-state index in [1.807, 2.05) is 0 Å². The van der Waals surface area contributed by atoms with Gasteiger partial charge in [-0.3, -0.25) is 9.69 Å². The Morgan fingerprint density at radius 2 is 2.09 bits per heavy atom. The van der Waals surface area contributed by atoms with Crippen LogP contribution in [0.4, 0.5) is 0 Å². The molecule has 0 amide bonds. The van der Waals surface area contributed by atoms with Crippen molar-refractivity contribution >= 4 is 24.7 Å². The Kier molecular flexibility index (Phi) is 6.52. The minimum Gasteiger partial charge on any atom is -0.481 e. The lowest BCUT2D eigenvalue weighted by atomic mass is 9.78. The van der Waals surface area contributed by atoms with Gasteiger partial charge >= 0.3 is 13.1 Å². The first-order valence-electron chi connectivity index (χ1n) is 7.97. The number of carbonyl (C=O) groups is 1. The fraction of sp³-hybridized carbons (Fsp3) is 0.929. The van der Waals surface area contributed by atoms with Crippen molar-refractivity contribution in [2.24, 2.45) is 23.7 Å². The molecule has 8 heteroatoms. The van der Waals surface area contributed by atoms with E-state index in [4.69, 9.17) is 21.6 Å². The Balaban J connectivity index is 1.99. The van der Waals surface area contributed by atoms with Crippen molar-refractivity contribution < 1.29 is 25.1 Å². The summed E-state index contributed by atoms with van der Waals surface area (Å²) in [4.78, 5) is 13.7. The number of fused-ring (bicyclic) bond motifs is 1. The first-order chi connectivity index (χ1) is 10.5. The summed E-state index contributed by atoms with van der Waals surface area (Å²) in [7, 11) is -1.32. The number of halogens is 1. The Morgan fingerprint density at radius 1 is 1.36 bits per heavy atom. The lowest BCUT2D eigenvalue weighted by Gasteiger charge is -2.27. The molecule has 0 radical (unpaired) electrons. The number of nitrogens with zero attached hydrogens (tertiary/aromatic N) is 1. The third kappa shape index (κ3) is 3.95. The molecule has 0 bridgehead atoms. The molecule has 0 spiro atoms. The van der Waals surface area contributed by atoms with E-state index < -0.39 is 13.1 Å². The van der Waals surface area contributed by atoms with Crippen LogP contribution in [0.3, 0.4) is 0 Å². The molecule has 1 aliphatic carbocycles. The second-order valence-corrected chi connectivity index (χ2v) is 6.93. The number of rotatable bonds is 8. The molecule has 4 N–H and O–H groups in total. The third-order valence-electron chi connectivity index (χ3n) is 5.37. The second kappa shape index (κ2) is 7.97. The van der Waals surface area contributed by atoms with E-state index in [-0.39, 0.29) is 30.8 Å². The van der Waals surface area contributed by atoms with Crippen LogP contribution in [-0.2, 0) is 4.79 Å². The molecule has 6 nitrogen and oxygen atoms in total. The van der Waals surface area contributed by atoms with Gasteiger partial charge in [0.15, 0.2) is 0 Å². The van der Waals surface area contributed by atoms with Crippen molar-refractivity contribution in [3.8, 4) is 0 Å². The molecular formula is C14H25BClNO5. The van der Waals surface area contributed by atoms with Gasteiger partial charge in [-0.1, -0.05) is 6.42 Å². The number of hydrogen-bond acceptors (Lipinski definition) is 5. The first kappa shape index (κ1) is 18.0. The number of aliphatic hydroxyl groups is 1. The molecule has 2 rings (SSSR count). The highest BCUT2D eigenvalue weighted by Crippen LogP contribution is 2.48. The van der Waals surface area contributed by atoms with E-state index in [0.29, 0.717) is 37.0 Å². The van der Waals surface area contributed by atoms with Crippen LogP contribution in [0.2, 0.25) is 6.32 Å². The molecule has 1 saturated carbocycles. The van der Waals surface area contributed by atoms with Gasteiger partial charge in [0.2, 0.25) is 0 Å². The molecule has 1 saturated heterocycles. The largest absolute Gasteiger partial charge is 0.481 e. The molecule has 126 valence electrons. The highest BCUT2D eigenvalue weighted by molar-refractivity contribution is 6.40. The van der Waals surface area contributed by atoms with Crippen LogP contribution in [0.25, 0.3) is 0 Å². The van der Waals surface area contributed by atoms with Crippen LogP contribution < -0.4 is 0 Å². The highest BCUT2D eigenvalue weighted by Gasteiger charge is 2.50. The van der Waals surface area contributed by atoms with Crippen molar-refractivity contribution in [2.45, 2.75) is 31.6 Å². The fourth-order valence-corrected chi connectivity index (χ4v) is 4.55. The van der Waals surface area contributed by atoms with Crippen LogP contribution in [-0.4, -0.2) is 69.9 Å². The van der Waals surface area contributed by atoms with Crippen molar-refractivity contribution in [1.82, 2.24) is 4.90 Å². The molecule has 0 aromatic carbocycles. The summed E-state index contributed by atoms with van der Waals surface area (Å²) in [5.74, 6) is 0.000275. The number of carboxylic acid groups (broad SMARTS) is 1. The monoisotopic (exact) mass is 333 g/mol. The second-order valence-electron chi connectivity index (χ2n) is 6.62. The van der Waals surface area contributed by atoms with E-state index in [1.165, 1.54) is 0 Å². The zero-order valence-corrected chi connectivity index (χ0v) is 13.4. The smallest absolute Gasteiger partial charge is 0.451 e. The third-order valence-corrected chi connectivity index (χ3v) is 5.72. The summed E-state index contributed by atoms with van der Waals surface area (Å²) in [6.07, 6.45) is 2.27. The SMILES string of the molecule is O=C(O)[C@@H]1C[C@H]2CN(C(CO)CCl)C[C@H]2[C@@H]1CCCB(O)O. The van der Waals surface area contributed by atoms with Gasteiger partial charge in [0, 0.05) is 25.0 Å². The van der Waals surface area contributed by atoms with Crippen molar-refractivity contribution in [3.63, 3.8) is 0 Å². The molecule has 1 unspecified atom stereocenters. The molecule has 1 aliphatic heterocycles. The minimum absolute atomic E-state index is 0.0205. The number of carboxylic acids is 1. The number of aliphatic carboxylic acids is 1. The summed E-state index contributed by atoms with van der Waals surface area (Å²) >= 11 is 5.89. The zero-order chi connectivity index (χ0) is 16.3. The zero-order valence-electron chi connectivity index (χ0n) is 12.6. The van der Waals surface area contributed by atoms with Crippen molar-refractivity contribution in [2.75, 3.05) is 25.6 Å². The lowest BCUT2D eigenvalue weighted by molar-refractivity contribution is -0.143. The molecule has 5 atom stereocenters. The standard InChI is InChI=1S/C14H25BClNO5/c16-5-10(8-18)17-6-9-4-12(14(19)20)11(13(9)7-17)2-1-3-15(21)22/h9-13,18,21-22H,1-8H2,(H,19,20)/t9-,10?,11+,12+,13+/m0/s1. The van der Waals surface area contributed by atoms with Gasteiger partial charge in [0.25, 0.3) is 0 Å². The van der Waals surface area contributed by atoms with E-state index in [1.54, 1.807) is 0 Å². The maximum Gasteiger partial charge on any atom is 0.451 e. The van der Waals surface area contributed by atoms with E-state index in [2.05, 4.69) is 4.90 Å². The lowest BCUT2D eigenvalue weighted by Crippen LogP contribution is -2.39. The number of hydrogen-bond donors (Lipinski definition) is 4. The van der Waals surface area contributed by atoms with Crippen LogP contribution in [0.5, 0.6) is 0 Å². The van der Waals surface area contributed by atoms with E-state index >= 15 is 0 Å². The van der Waals surface area contributed by atoms with Crippen molar-refractivity contribution in [1.29, 1.82) is 0 Å².